The molecule has 0 unspecified atom stereocenters. The van der Waals surface area contributed by atoms with Crippen molar-refractivity contribution < 1.29 is 18.0 Å². The number of benzene rings is 1. The van der Waals surface area contributed by atoms with Crippen LogP contribution in [0.15, 0.2) is 47.8 Å². The van der Waals surface area contributed by atoms with Crippen molar-refractivity contribution >= 4 is 22.4 Å². The second kappa shape index (κ2) is 6.64. The van der Waals surface area contributed by atoms with Crippen LogP contribution >= 0.6 is 11.3 Å². The number of amides is 1. The maximum Gasteiger partial charge on any atom is 0.433 e. The fraction of sp³-hybridized carbons (Fsp3) is 0.118. The van der Waals surface area contributed by atoms with E-state index in [0.717, 1.165) is 17.7 Å². The van der Waals surface area contributed by atoms with Crippen LogP contribution in [0.4, 0.5) is 18.3 Å². The van der Waals surface area contributed by atoms with Gasteiger partial charge in [0.2, 0.25) is 0 Å². The third-order valence-corrected chi connectivity index (χ3v) is 4.17. The molecule has 0 saturated heterocycles. The Bertz CT molecular complexity index is 907. The molecular weight excluding hydrogens is 351 g/mol. The van der Waals surface area contributed by atoms with Crippen molar-refractivity contribution in [3.8, 4) is 11.3 Å². The molecule has 0 aliphatic heterocycles. The van der Waals surface area contributed by atoms with E-state index in [0.29, 0.717) is 10.8 Å². The summed E-state index contributed by atoms with van der Waals surface area (Å²) in [6.07, 6.45) is -4.54. The summed E-state index contributed by atoms with van der Waals surface area (Å²) in [5.74, 6) is -0.548. The van der Waals surface area contributed by atoms with Gasteiger partial charge in [-0.25, -0.2) is 9.97 Å². The molecule has 0 bridgehead atoms. The molecule has 1 amide bonds. The van der Waals surface area contributed by atoms with Crippen LogP contribution in [0.3, 0.4) is 0 Å². The third kappa shape index (κ3) is 3.85. The van der Waals surface area contributed by atoms with E-state index in [2.05, 4.69) is 15.3 Å². The Morgan fingerprint density at radius 3 is 2.44 bits per heavy atom. The van der Waals surface area contributed by atoms with Gasteiger partial charge in [-0.3, -0.25) is 10.1 Å². The molecule has 0 aliphatic carbocycles. The minimum atomic E-state index is -4.54. The molecule has 3 rings (SSSR count). The fourth-order valence-electron chi connectivity index (χ4n) is 2.20. The van der Waals surface area contributed by atoms with E-state index in [9.17, 15) is 18.0 Å². The van der Waals surface area contributed by atoms with Gasteiger partial charge in [-0.15, -0.1) is 11.3 Å². The lowest BCUT2D eigenvalue weighted by molar-refractivity contribution is -0.141. The first-order valence-corrected chi connectivity index (χ1v) is 8.10. The molecule has 0 radical (unpaired) electrons. The average molecular weight is 363 g/mol. The smallest absolute Gasteiger partial charge is 0.298 e. The summed E-state index contributed by atoms with van der Waals surface area (Å²) in [6, 6.07) is 11.3. The number of hydrogen-bond acceptors (Lipinski definition) is 4. The first kappa shape index (κ1) is 17.1. The number of aryl methyl sites for hydroxylation is 1. The highest BCUT2D eigenvalue weighted by Crippen LogP contribution is 2.29. The van der Waals surface area contributed by atoms with E-state index in [4.69, 9.17) is 0 Å². The molecule has 1 aromatic carbocycles. The average Bonchev–Trinajstić information content (AvgIpc) is 3.03. The number of carbonyl (C=O) groups is 1. The Morgan fingerprint density at radius 2 is 1.80 bits per heavy atom. The van der Waals surface area contributed by atoms with Gasteiger partial charge in [0.05, 0.1) is 17.0 Å². The zero-order chi connectivity index (χ0) is 18.0. The first-order valence-electron chi connectivity index (χ1n) is 7.22. The van der Waals surface area contributed by atoms with Gasteiger partial charge in [0.1, 0.15) is 5.69 Å². The minimum Gasteiger partial charge on any atom is -0.298 e. The van der Waals surface area contributed by atoms with Crippen molar-refractivity contribution in [2.45, 2.75) is 13.1 Å². The lowest BCUT2D eigenvalue weighted by Gasteiger charge is -2.09. The van der Waals surface area contributed by atoms with Crippen LogP contribution in [-0.2, 0) is 6.18 Å². The van der Waals surface area contributed by atoms with Crippen LogP contribution in [0.5, 0.6) is 0 Å². The number of nitrogens with zero attached hydrogens (tertiary/aromatic N) is 2. The van der Waals surface area contributed by atoms with Gasteiger partial charge >= 0.3 is 6.18 Å². The zero-order valence-corrected chi connectivity index (χ0v) is 13.8. The van der Waals surface area contributed by atoms with Gasteiger partial charge in [0.25, 0.3) is 5.91 Å². The minimum absolute atomic E-state index is 0.00663. The molecule has 0 aliphatic rings. The number of rotatable bonds is 3. The molecule has 1 N–H and O–H groups in total. The molecule has 0 spiro atoms. The summed E-state index contributed by atoms with van der Waals surface area (Å²) in [5, 5.41) is 4.75. The fourth-order valence-corrected chi connectivity index (χ4v) is 2.91. The Morgan fingerprint density at radius 1 is 1.08 bits per heavy atom. The predicted octanol–water partition coefficient (Wildman–Crippen LogP) is 4.78. The van der Waals surface area contributed by atoms with Crippen molar-refractivity contribution in [1.82, 2.24) is 9.97 Å². The number of thiazole rings is 1. The zero-order valence-electron chi connectivity index (χ0n) is 13.0. The van der Waals surface area contributed by atoms with Gasteiger partial charge < -0.3 is 0 Å². The summed E-state index contributed by atoms with van der Waals surface area (Å²) >= 11 is 1.24. The highest BCUT2D eigenvalue weighted by molar-refractivity contribution is 7.14. The van der Waals surface area contributed by atoms with Crippen molar-refractivity contribution in [2.24, 2.45) is 0 Å². The number of aromatic nitrogens is 2. The summed E-state index contributed by atoms with van der Waals surface area (Å²) in [5.41, 5.74) is 0.675. The predicted molar refractivity (Wildman–Crippen MR) is 89.5 cm³/mol. The normalized spacial score (nSPS) is 11.4. The lowest BCUT2D eigenvalue weighted by Crippen LogP contribution is -2.16. The first-order chi connectivity index (χ1) is 11.8. The van der Waals surface area contributed by atoms with Crippen LogP contribution in [0, 0.1) is 6.92 Å². The maximum absolute atomic E-state index is 12.6. The van der Waals surface area contributed by atoms with Crippen LogP contribution in [0.25, 0.3) is 11.3 Å². The summed E-state index contributed by atoms with van der Waals surface area (Å²) < 4.78 is 37.9. The number of alkyl halides is 3. The summed E-state index contributed by atoms with van der Waals surface area (Å²) in [6.45, 7) is 1.36. The van der Waals surface area contributed by atoms with E-state index in [1.54, 1.807) is 5.38 Å². The van der Waals surface area contributed by atoms with Crippen LogP contribution in [-0.4, -0.2) is 15.9 Å². The Kier molecular flexibility index (Phi) is 4.54. The Labute approximate surface area is 145 Å². The van der Waals surface area contributed by atoms with Gasteiger partial charge in [0, 0.05) is 10.9 Å². The summed E-state index contributed by atoms with van der Waals surface area (Å²) in [4.78, 5) is 20.1. The van der Waals surface area contributed by atoms with E-state index >= 15 is 0 Å². The molecule has 4 nitrogen and oxygen atoms in total. The van der Waals surface area contributed by atoms with E-state index in [1.807, 2.05) is 30.3 Å². The third-order valence-electron chi connectivity index (χ3n) is 3.42. The second-order valence-corrected chi connectivity index (χ2v) is 6.04. The van der Waals surface area contributed by atoms with Gasteiger partial charge in [0.15, 0.2) is 5.13 Å². The number of hydrogen-bond donors (Lipinski definition) is 1. The maximum atomic E-state index is 12.6. The van der Waals surface area contributed by atoms with E-state index < -0.39 is 17.8 Å². The van der Waals surface area contributed by atoms with Crippen molar-refractivity contribution in [2.75, 3.05) is 5.32 Å². The molecule has 128 valence electrons. The van der Waals surface area contributed by atoms with E-state index in [1.165, 1.54) is 18.3 Å². The van der Waals surface area contributed by atoms with E-state index in [-0.39, 0.29) is 11.3 Å². The van der Waals surface area contributed by atoms with Crippen molar-refractivity contribution in [3.05, 3.63) is 64.8 Å². The molecular formula is C17H12F3N3OS. The molecule has 3 aromatic rings. The molecule has 8 heteroatoms. The number of nitrogens with one attached hydrogen (secondary N) is 1. The van der Waals surface area contributed by atoms with Crippen LogP contribution < -0.4 is 5.32 Å². The number of carbonyl (C=O) groups excluding carboxylic acids is 1. The summed E-state index contributed by atoms with van der Waals surface area (Å²) in [7, 11) is 0. The molecule has 0 fully saturated rings. The van der Waals surface area contributed by atoms with Crippen molar-refractivity contribution in [3.63, 3.8) is 0 Å². The molecule has 25 heavy (non-hydrogen) atoms. The topological polar surface area (TPSA) is 54.9 Å². The van der Waals surface area contributed by atoms with Gasteiger partial charge in [-0.05, 0) is 19.1 Å². The monoisotopic (exact) mass is 363 g/mol. The molecule has 0 saturated carbocycles. The number of halogens is 3. The van der Waals surface area contributed by atoms with Crippen LogP contribution in [0.1, 0.15) is 21.7 Å². The number of anilines is 1. The second-order valence-electron chi connectivity index (χ2n) is 5.19. The molecule has 2 heterocycles. The molecule has 0 atom stereocenters. The SMILES string of the molecule is Cc1nc(C(F)(F)F)ccc1C(=O)Nc1nc(-c2ccccc2)cs1. The van der Waals surface area contributed by atoms with Crippen molar-refractivity contribution in [1.29, 1.82) is 0 Å². The van der Waals surface area contributed by atoms with Crippen LogP contribution in [0.2, 0.25) is 0 Å². The highest BCUT2D eigenvalue weighted by atomic mass is 32.1. The highest BCUT2D eigenvalue weighted by Gasteiger charge is 2.33. The Balaban J connectivity index is 1.78. The Hall–Kier alpha value is -2.74. The lowest BCUT2D eigenvalue weighted by atomic mass is 10.1. The number of pyridine rings is 1. The van der Waals surface area contributed by atoms with Gasteiger partial charge in [-0.2, -0.15) is 13.2 Å². The quantitative estimate of drug-likeness (QED) is 0.728. The van der Waals surface area contributed by atoms with Gasteiger partial charge in [-0.1, -0.05) is 30.3 Å². The molecule has 2 aromatic heterocycles. The standard InChI is InChI=1S/C17H12F3N3OS/c1-10-12(7-8-14(21-10)17(18,19)20)15(24)23-16-22-13(9-25-16)11-5-3-2-4-6-11/h2-9H,1H3,(H,22,23,24). The largest absolute Gasteiger partial charge is 0.433 e.